The lowest BCUT2D eigenvalue weighted by molar-refractivity contribution is 0.0788. The SMILES string of the molecule is Cn1c(=O)n([C@@H]2CCN(C(=O)c3ccc4ncccc4c3)C2)c2ncccc21. The van der Waals surface area contributed by atoms with E-state index in [2.05, 4.69) is 9.97 Å². The zero-order chi connectivity index (χ0) is 19.3. The molecule has 5 rings (SSSR count). The van der Waals surface area contributed by atoms with Crippen molar-refractivity contribution in [1.82, 2.24) is 24.0 Å². The highest BCUT2D eigenvalue weighted by Crippen LogP contribution is 2.25. The number of fused-ring (bicyclic) bond motifs is 2. The summed E-state index contributed by atoms with van der Waals surface area (Å²) in [4.78, 5) is 36.3. The molecule has 0 saturated carbocycles. The van der Waals surface area contributed by atoms with E-state index in [1.54, 1.807) is 28.6 Å². The molecule has 1 aliphatic heterocycles. The maximum absolute atomic E-state index is 13.0. The number of amides is 1. The second-order valence-electron chi connectivity index (χ2n) is 7.16. The summed E-state index contributed by atoms with van der Waals surface area (Å²) in [6.45, 7) is 1.11. The zero-order valence-corrected chi connectivity index (χ0v) is 15.4. The highest BCUT2D eigenvalue weighted by atomic mass is 16.2. The minimum absolute atomic E-state index is 0.0190. The first-order chi connectivity index (χ1) is 13.6. The Morgan fingerprint density at radius 3 is 2.82 bits per heavy atom. The lowest BCUT2D eigenvalue weighted by Crippen LogP contribution is -2.31. The fraction of sp³-hybridized carbons (Fsp3) is 0.238. The lowest BCUT2D eigenvalue weighted by Gasteiger charge is -2.17. The molecule has 28 heavy (non-hydrogen) atoms. The predicted molar refractivity (Wildman–Crippen MR) is 106 cm³/mol. The van der Waals surface area contributed by atoms with Crippen LogP contribution in [-0.4, -0.2) is 43.0 Å². The number of nitrogens with zero attached hydrogens (tertiary/aromatic N) is 5. The smallest absolute Gasteiger partial charge is 0.330 e. The Hall–Kier alpha value is -3.48. The lowest BCUT2D eigenvalue weighted by atomic mass is 10.1. The van der Waals surface area contributed by atoms with Crippen LogP contribution in [-0.2, 0) is 7.05 Å². The Kier molecular flexibility index (Phi) is 3.75. The summed E-state index contributed by atoms with van der Waals surface area (Å²) < 4.78 is 3.34. The van der Waals surface area contributed by atoms with Crippen molar-refractivity contribution in [3.05, 3.63) is 70.9 Å². The molecular formula is C21H19N5O2. The van der Waals surface area contributed by atoms with E-state index in [4.69, 9.17) is 0 Å². The molecule has 0 aliphatic carbocycles. The van der Waals surface area contributed by atoms with Crippen LogP contribution in [0.5, 0.6) is 0 Å². The number of aryl methyl sites for hydroxylation is 1. The minimum Gasteiger partial charge on any atom is -0.336 e. The molecular weight excluding hydrogens is 354 g/mol. The molecule has 1 aromatic carbocycles. The number of carbonyl (C=O) groups is 1. The maximum Gasteiger partial charge on any atom is 0.330 e. The van der Waals surface area contributed by atoms with Gasteiger partial charge >= 0.3 is 5.69 Å². The Morgan fingerprint density at radius 2 is 1.93 bits per heavy atom. The van der Waals surface area contributed by atoms with Gasteiger partial charge < -0.3 is 4.90 Å². The van der Waals surface area contributed by atoms with Crippen molar-refractivity contribution in [2.75, 3.05) is 13.1 Å². The second kappa shape index (κ2) is 6.30. The second-order valence-corrected chi connectivity index (χ2v) is 7.16. The van der Waals surface area contributed by atoms with Gasteiger partial charge in [-0.05, 0) is 42.8 Å². The molecule has 1 aliphatic rings. The van der Waals surface area contributed by atoms with Gasteiger partial charge in [-0.3, -0.25) is 18.9 Å². The van der Waals surface area contributed by atoms with Crippen LogP contribution in [0, 0.1) is 0 Å². The number of hydrogen-bond donors (Lipinski definition) is 0. The molecule has 7 heteroatoms. The fourth-order valence-corrected chi connectivity index (χ4v) is 4.05. The van der Waals surface area contributed by atoms with Crippen LogP contribution in [0.25, 0.3) is 22.1 Å². The number of likely N-dealkylation sites (tertiary alicyclic amines) is 1. The van der Waals surface area contributed by atoms with Crippen LogP contribution in [0.1, 0.15) is 22.8 Å². The van der Waals surface area contributed by atoms with E-state index in [0.717, 1.165) is 22.8 Å². The molecule has 4 aromatic rings. The van der Waals surface area contributed by atoms with Gasteiger partial charge in [0.15, 0.2) is 5.65 Å². The van der Waals surface area contributed by atoms with E-state index in [9.17, 15) is 9.59 Å². The Morgan fingerprint density at radius 1 is 1.11 bits per heavy atom. The molecule has 1 amide bonds. The summed E-state index contributed by atoms with van der Waals surface area (Å²) in [5.41, 5.74) is 2.89. The van der Waals surface area contributed by atoms with Crippen molar-refractivity contribution in [2.24, 2.45) is 7.05 Å². The summed E-state index contributed by atoms with van der Waals surface area (Å²) in [6.07, 6.45) is 4.17. The molecule has 1 saturated heterocycles. The number of aromatic nitrogens is 4. The number of hydrogen-bond acceptors (Lipinski definition) is 4. The van der Waals surface area contributed by atoms with Gasteiger partial charge in [-0.1, -0.05) is 6.07 Å². The van der Waals surface area contributed by atoms with Crippen molar-refractivity contribution in [3.63, 3.8) is 0 Å². The first kappa shape index (κ1) is 16.7. The molecule has 1 fully saturated rings. The molecule has 0 spiro atoms. The zero-order valence-electron chi connectivity index (χ0n) is 15.4. The minimum atomic E-state index is -0.0928. The number of carbonyl (C=O) groups excluding carboxylic acids is 1. The number of imidazole rings is 1. The van der Waals surface area contributed by atoms with Gasteiger partial charge in [0.25, 0.3) is 5.91 Å². The highest BCUT2D eigenvalue weighted by Gasteiger charge is 2.31. The van der Waals surface area contributed by atoms with E-state index in [1.807, 2.05) is 47.4 Å². The fourth-order valence-electron chi connectivity index (χ4n) is 4.05. The van der Waals surface area contributed by atoms with Crippen molar-refractivity contribution in [1.29, 1.82) is 0 Å². The van der Waals surface area contributed by atoms with E-state index in [1.165, 1.54) is 0 Å². The Labute approximate surface area is 160 Å². The summed E-state index contributed by atoms with van der Waals surface area (Å²) in [5, 5.41) is 0.943. The van der Waals surface area contributed by atoms with Crippen LogP contribution in [0.15, 0.2) is 59.7 Å². The third-order valence-corrected chi connectivity index (χ3v) is 5.51. The van der Waals surface area contributed by atoms with Gasteiger partial charge in [-0.15, -0.1) is 0 Å². The van der Waals surface area contributed by atoms with Gasteiger partial charge in [0.2, 0.25) is 0 Å². The highest BCUT2D eigenvalue weighted by molar-refractivity contribution is 5.98. The normalized spacial score (nSPS) is 16.9. The van der Waals surface area contributed by atoms with Crippen LogP contribution >= 0.6 is 0 Å². The van der Waals surface area contributed by atoms with E-state index < -0.39 is 0 Å². The topological polar surface area (TPSA) is 73.0 Å². The van der Waals surface area contributed by atoms with Crippen molar-refractivity contribution >= 4 is 28.0 Å². The third-order valence-electron chi connectivity index (χ3n) is 5.51. The molecule has 0 radical (unpaired) electrons. The van der Waals surface area contributed by atoms with Crippen LogP contribution in [0.4, 0.5) is 0 Å². The monoisotopic (exact) mass is 373 g/mol. The molecule has 7 nitrogen and oxygen atoms in total. The number of rotatable bonds is 2. The molecule has 4 heterocycles. The van der Waals surface area contributed by atoms with Gasteiger partial charge in [0.05, 0.1) is 17.1 Å². The van der Waals surface area contributed by atoms with Gasteiger partial charge in [-0.2, -0.15) is 0 Å². The average Bonchev–Trinajstić information content (AvgIpc) is 3.31. The number of pyridine rings is 2. The maximum atomic E-state index is 13.0. The van der Waals surface area contributed by atoms with Gasteiger partial charge in [0.1, 0.15) is 0 Å². The van der Waals surface area contributed by atoms with E-state index in [-0.39, 0.29) is 17.6 Å². The summed E-state index contributed by atoms with van der Waals surface area (Å²) in [6, 6.07) is 13.0. The summed E-state index contributed by atoms with van der Waals surface area (Å²) >= 11 is 0. The van der Waals surface area contributed by atoms with E-state index in [0.29, 0.717) is 24.3 Å². The molecule has 3 aromatic heterocycles. The first-order valence-corrected chi connectivity index (χ1v) is 9.29. The predicted octanol–water partition coefficient (Wildman–Crippen LogP) is 2.37. The van der Waals surface area contributed by atoms with Crippen LogP contribution < -0.4 is 5.69 Å². The first-order valence-electron chi connectivity index (χ1n) is 9.29. The quantitative estimate of drug-likeness (QED) is 0.541. The molecule has 0 bridgehead atoms. The molecule has 0 N–H and O–H groups in total. The standard InChI is InChI=1S/C21H19N5O2/c1-24-18-5-3-10-23-19(18)26(21(24)28)16-8-11-25(13-16)20(27)15-6-7-17-14(12-15)4-2-9-22-17/h2-7,9-10,12,16H,8,11,13H2,1H3/t16-/m1/s1. The van der Waals surface area contributed by atoms with Crippen molar-refractivity contribution in [2.45, 2.75) is 12.5 Å². The Balaban J connectivity index is 1.45. The summed E-state index contributed by atoms with van der Waals surface area (Å²) in [7, 11) is 1.75. The Bertz CT molecular complexity index is 1270. The van der Waals surface area contributed by atoms with Gasteiger partial charge in [-0.25, -0.2) is 9.78 Å². The van der Waals surface area contributed by atoms with E-state index >= 15 is 0 Å². The average molecular weight is 373 g/mol. The van der Waals surface area contributed by atoms with Crippen molar-refractivity contribution in [3.8, 4) is 0 Å². The summed E-state index contributed by atoms with van der Waals surface area (Å²) in [5.74, 6) is -0.0190. The molecule has 0 unspecified atom stereocenters. The third kappa shape index (κ3) is 2.51. The van der Waals surface area contributed by atoms with Crippen LogP contribution in [0.3, 0.4) is 0 Å². The molecule has 140 valence electrons. The largest absolute Gasteiger partial charge is 0.336 e. The van der Waals surface area contributed by atoms with Crippen LogP contribution in [0.2, 0.25) is 0 Å². The molecule has 1 atom stereocenters. The van der Waals surface area contributed by atoms with Gasteiger partial charge in [0, 0.05) is 43.5 Å². The number of benzene rings is 1. The van der Waals surface area contributed by atoms with Crippen molar-refractivity contribution < 1.29 is 4.79 Å².